The molecule has 10 heteroatoms. The average molecular weight is 676 g/mol. The van der Waals surface area contributed by atoms with Gasteiger partial charge in [-0.1, -0.05) is 67.6 Å². The minimum absolute atomic E-state index is 0.396. The molecule has 1 aliphatic heterocycles. The Morgan fingerprint density at radius 2 is 1.77 bits per heavy atom. The molecule has 2 atom stereocenters. The van der Waals surface area contributed by atoms with Gasteiger partial charge in [0.05, 0.1) is 23.9 Å². The molecule has 258 valence electrons. The number of aliphatic hydroxyl groups excluding tert-OH is 1. The number of carbonyl (C=O) groups excluding carboxylic acids is 1. The molecule has 4 aromatic rings. The lowest BCUT2D eigenvalue weighted by molar-refractivity contribution is 0.0915. The number of amides is 1. The third kappa shape index (κ3) is 9.23. The first kappa shape index (κ1) is 35.5. The summed E-state index contributed by atoms with van der Waals surface area (Å²) in [5, 5.41) is 15.4. The second-order valence-corrected chi connectivity index (χ2v) is 13.2. The lowest BCUT2D eigenvalue weighted by Crippen LogP contribution is -2.43. The first-order chi connectivity index (χ1) is 23.3. The summed E-state index contributed by atoms with van der Waals surface area (Å²) in [6.45, 7) is 8.34. The number of ether oxygens (including phenoxy) is 2. The second-order valence-electron chi connectivity index (χ2n) is 12.7. The van der Waals surface area contributed by atoms with Crippen LogP contribution >= 0.6 is 11.6 Å². The molecule has 1 aromatic heterocycles. The van der Waals surface area contributed by atoms with Gasteiger partial charge in [-0.3, -0.25) is 14.5 Å². The van der Waals surface area contributed by atoms with Crippen molar-refractivity contribution in [2.75, 3.05) is 52.2 Å². The average Bonchev–Trinajstić information content (AvgIpc) is 3.95. The third-order valence-corrected chi connectivity index (χ3v) is 8.94. The zero-order valence-electron chi connectivity index (χ0n) is 28.5. The molecular formula is C38H50ClN5O4. The molecular weight excluding hydrogens is 626 g/mol. The molecule has 6 rings (SSSR count). The predicted molar refractivity (Wildman–Crippen MR) is 194 cm³/mol. The van der Waals surface area contributed by atoms with E-state index in [0.29, 0.717) is 49.1 Å². The van der Waals surface area contributed by atoms with Gasteiger partial charge >= 0.3 is 6.09 Å². The van der Waals surface area contributed by atoms with Crippen LogP contribution in [0.3, 0.4) is 0 Å². The Kier molecular flexibility index (Phi) is 12.6. The number of nitrogens with two attached hydrogens (primary N) is 1. The van der Waals surface area contributed by atoms with E-state index in [1.54, 1.807) is 21.7 Å². The van der Waals surface area contributed by atoms with Crippen LogP contribution in [0.15, 0.2) is 66.7 Å². The molecule has 0 saturated heterocycles. The van der Waals surface area contributed by atoms with Crippen LogP contribution in [0, 0.1) is 6.92 Å². The maximum absolute atomic E-state index is 13.7. The van der Waals surface area contributed by atoms with Crippen LogP contribution < -0.4 is 20.6 Å². The standard InChI is InChI=1S/C35H44ClN5O4.C3H6/c1-4-18-39(20-17-38-3)23-27(42)16-21-44-28-12-7-25(8-13-28)33-34-30(31-22-26(36)9-14-32(31)41(34)37)15-19-40(33)35(43)45-29-10-5-24(2)6-11-29;1-2-3-1/h5-14,22,27,33,38,42H,4,15-21,23,37H2,1-3H3;1-3H2. The predicted octanol–water partition coefficient (Wildman–Crippen LogP) is 6.69. The fourth-order valence-corrected chi connectivity index (χ4v) is 6.24. The Bertz CT molecular complexity index is 1620. The highest BCUT2D eigenvalue weighted by molar-refractivity contribution is 6.31. The van der Waals surface area contributed by atoms with Gasteiger partial charge in [0.15, 0.2) is 0 Å². The highest BCUT2D eigenvalue weighted by Gasteiger charge is 2.37. The number of carbonyl (C=O) groups is 1. The highest BCUT2D eigenvalue weighted by atomic mass is 35.5. The van der Waals surface area contributed by atoms with Gasteiger partial charge in [-0.05, 0) is 86.9 Å². The molecule has 2 unspecified atom stereocenters. The number of hydrogen-bond acceptors (Lipinski definition) is 7. The van der Waals surface area contributed by atoms with Crippen LogP contribution in [0.1, 0.15) is 67.5 Å². The van der Waals surface area contributed by atoms with Crippen LogP contribution in [0.5, 0.6) is 11.5 Å². The van der Waals surface area contributed by atoms with Crippen molar-refractivity contribution in [2.45, 2.75) is 64.5 Å². The van der Waals surface area contributed by atoms with E-state index in [2.05, 4.69) is 17.1 Å². The second kappa shape index (κ2) is 17.1. The summed E-state index contributed by atoms with van der Waals surface area (Å²) in [5.74, 6) is 7.89. The van der Waals surface area contributed by atoms with E-state index >= 15 is 0 Å². The number of aromatic nitrogens is 1. The maximum Gasteiger partial charge on any atom is 0.416 e. The van der Waals surface area contributed by atoms with Crippen LogP contribution in [0.4, 0.5) is 4.79 Å². The molecule has 9 nitrogen and oxygen atoms in total. The molecule has 1 saturated carbocycles. The first-order valence-electron chi connectivity index (χ1n) is 17.2. The summed E-state index contributed by atoms with van der Waals surface area (Å²) in [6, 6.07) is 20.3. The number of nitrogen functional groups attached to an aromatic ring is 1. The summed E-state index contributed by atoms with van der Waals surface area (Å²) < 4.78 is 13.5. The highest BCUT2D eigenvalue weighted by Crippen LogP contribution is 2.41. The van der Waals surface area contributed by atoms with Gasteiger partial charge in [0.2, 0.25) is 0 Å². The number of fused-ring (bicyclic) bond motifs is 3. The Balaban J connectivity index is 0.00000142. The number of halogens is 1. The molecule has 1 fully saturated rings. The number of rotatable bonds is 13. The number of aliphatic hydroxyl groups is 1. The fourth-order valence-electron chi connectivity index (χ4n) is 6.07. The minimum atomic E-state index is -0.485. The number of nitrogens with zero attached hydrogens (tertiary/aromatic N) is 3. The van der Waals surface area contributed by atoms with Crippen LogP contribution in [0.2, 0.25) is 5.02 Å². The van der Waals surface area contributed by atoms with Gasteiger partial charge < -0.3 is 25.7 Å². The summed E-state index contributed by atoms with van der Waals surface area (Å²) in [6.07, 6.45) is 5.77. The molecule has 3 aromatic carbocycles. The van der Waals surface area contributed by atoms with Crippen molar-refractivity contribution in [1.82, 2.24) is 19.8 Å². The molecule has 2 heterocycles. The van der Waals surface area contributed by atoms with E-state index in [-0.39, 0.29) is 0 Å². The molecule has 2 aliphatic rings. The number of benzene rings is 3. The van der Waals surface area contributed by atoms with Crippen molar-refractivity contribution in [2.24, 2.45) is 0 Å². The third-order valence-electron chi connectivity index (χ3n) is 8.70. The van der Waals surface area contributed by atoms with Crippen LogP contribution in [0.25, 0.3) is 10.9 Å². The molecule has 0 radical (unpaired) electrons. The number of hydrogen-bond donors (Lipinski definition) is 3. The van der Waals surface area contributed by atoms with E-state index < -0.39 is 18.2 Å². The van der Waals surface area contributed by atoms with Crippen molar-refractivity contribution < 1.29 is 19.4 Å². The summed E-state index contributed by atoms with van der Waals surface area (Å²) in [4.78, 5) is 17.7. The molecule has 0 spiro atoms. The SMILES string of the molecule is C1CC1.CCCN(CCNC)CC(O)CCOc1ccc(C2c3c(c4cc(Cl)ccc4n3N)CCN2C(=O)Oc2ccc(C)cc2)cc1. The van der Waals surface area contributed by atoms with Gasteiger partial charge in [0, 0.05) is 43.0 Å². The minimum Gasteiger partial charge on any atom is -0.493 e. The van der Waals surface area contributed by atoms with Gasteiger partial charge in [-0.15, -0.1) is 0 Å². The van der Waals surface area contributed by atoms with E-state index in [0.717, 1.165) is 59.3 Å². The number of nitrogens with one attached hydrogen (secondary N) is 1. The largest absolute Gasteiger partial charge is 0.493 e. The quantitative estimate of drug-likeness (QED) is 0.136. The first-order valence-corrected chi connectivity index (χ1v) is 17.6. The summed E-state index contributed by atoms with van der Waals surface area (Å²) >= 11 is 6.37. The van der Waals surface area contributed by atoms with Crippen LogP contribution in [-0.4, -0.2) is 78.2 Å². The molecule has 4 N–H and O–H groups in total. The Hall–Kier alpha value is -3.76. The topological polar surface area (TPSA) is 105 Å². The normalized spacial score (nSPS) is 15.9. The van der Waals surface area contributed by atoms with Gasteiger partial charge in [0.1, 0.15) is 17.5 Å². The van der Waals surface area contributed by atoms with Crippen LogP contribution in [-0.2, 0) is 6.42 Å². The van der Waals surface area contributed by atoms with E-state index in [4.69, 9.17) is 26.9 Å². The maximum atomic E-state index is 13.7. The molecule has 0 bridgehead atoms. The molecule has 48 heavy (non-hydrogen) atoms. The lowest BCUT2D eigenvalue weighted by Gasteiger charge is -2.36. The smallest absolute Gasteiger partial charge is 0.416 e. The summed E-state index contributed by atoms with van der Waals surface area (Å²) in [5.41, 5.74) is 4.71. The van der Waals surface area contributed by atoms with Crippen molar-refractivity contribution in [3.8, 4) is 11.5 Å². The molecule has 1 aliphatic carbocycles. The van der Waals surface area contributed by atoms with Gasteiger partial charge in [-0.25, -0.2) is 4.79 Å². The Labute approximate surface area is 289 Å². The zero-order chi connectivity index (χ0) is 34.0. The van der Waals surface area contributed by atoms with Crippen molar-refractivity contribution in [3.63, 3.8) is 0 Å². The molecule has 1 amide bonds. The van der Waals surface area contributed by atoms with Crippen molar-refractivity contribution in [1.29, 1.82) is 0 Å². The van der Waals surface area contributed by atoms with Gasteiger partial charge in [-0.2, -0.15) is 0 Å². The Morgan fingerprint density at radius 1 is 1.06 bits per heavy atom. The van der Waals surface area contributed by atoms with E-state index in [1.165, 1.54) is 19.3 Å². The van der Waals surface area contributed by atoms with Crippen molar-refractivity contribution >= 4 is 28.6 Å². The van der Waals surface area contributed by atoms with Gasteiger partial charge in [0.25, 0.3) is 0 Å². The number of likely N-dealkylation sites (N-methyl/N-ethyl adjacent to an activating group) is 1. The lowest BCUT2D eigenvalue weighted by atomic mass is 9.92. The van der Waals surface area contributed by atoms with E-state index in [1.807, 2.05) is 68.6 Å². The monoisotopic (exact) mass is 675 g/mol. The Morgan fingerprint density at radius 3 is 2.44 bits per heavy atom. The fraction of sp³-hybridized carbons (Fsp3) is 0.447. The number of aryl methyl sites for hydroxylation is 1. The zero-order valence-corrected chi connectivity index (χ0v) is 29.2. The summed E-state index contributed by atoms with van der Waals surface area (Å²) in [7, 11) is 1.94. The van der Waals surface area contributed by atoms with Crippen molar-refractivity contribution in [3.05, 3.63) is 94.1 Å². The van der Waals surface area contributed by atoms with E-state index in [9.17, 15) is 9.90 Å².